The topological polar surface area (TPSA) is 54.5 Å². The third-order valence-electron chi connectivity index (χ3n) is 7.23. The van der Waals surface area contributed by atoms with Crippen molar-refractivity contribution in [3.05, 3.63) is 0 Å². The first kappa shape index (κ1) is 22.0. The molecule has 0 amide bonds. The van der Waals surface area contributed by atoms with Gasteiger partial charge < -0.3 is 4.74 Å². The van der Waals surface area contributed by atoms with E-state index in [4.69, 9.17) is 21.2 Å². The van der Waals surface area contributed by atoms with Crippen LogP contribution < -0.4 is 16.3 Å². The Morgan fingerprint density at radius 3 is 2.28 bits per heavy atom. The van der Waals surface area contributed by atoms with Gasteiger partial charge in [-0.2, -0.15) is 18.7 Å². The largest absolute Gasteiger partial charge is 0.391 e. The van der Waals surface area contributed by atoms with Crippen LogP contribution in [0.4, 0.5) is 17.6 Å². The Morgan fingerprint density at radius 2 is 1.62 bits per heavy atom. The fourth-order valence-electron chi connectivity index (χ4n) is 5.53. The highest BCUT2D eigenvalue weighted by molar-refractivity contribution is 6.20. The lowest BCUT2D eigenvalue weighted by molar-refractivity contribution is -0.186. The zero-order chi connectivity index (χ0) is 20.8. The lowest BCUT2D eigenvalue weighted by Gasteiger charge is -2.38. The lowest BCUT2D eigenvalue weighted by Crippen LogP contribution is -2.52. The minimum atomic E-state index is -4.12. The number of nitrogens with one attached hydrogen (secondary N) is 3. The molecule has 2 heterocycles. The van der Waals surface area contributed by atoms with E-state index >= 15 is 0 Å². The van der Waals surface area contributed by atoms with Crippen LogP contribution in [0.25, 0.3) is 0 Å². The minimum Gasteiger partial charge on any atom is -0.342 e. The van der Waals surface area contributed by atoms with E-state index in [1.54, 1.807) is 0 Å². The average Bonchev–Trinajstić information content (AvgIpc) is 3.28. The number of alkyl halides is 5. The van der Waals surface area contributed by atoms with Gasteiger partial charge in [0.1, 0.15) is 18.6 Å². The van der Waals surface area contributed by atoms with Crippen molar-refractivity contribution in [2.45, 2.75) is 94.2 Å². The van der Waals surface area contributed by atoms with Crippen LogP contribution in [0.5, 0.6) is 0 Å². The second-order valence-electron chi connectivity index (χ2n) is 9.00. The SMILES string of the molecule is CC1ONC(C2C(F)CCCC2Cl)C1C1NNC(C2CCC(C(F)(F)F)CC2)O1. The maximum atomic E-state index is 14.7. The molecule has 0 aromatic rings. The summed E-state index contributed by atoms with van der Waals surface area (Å²) in [4.78, 5) is 5.62. The Kier molecular flexibility index (Phi) is 6.64. The van der Waals surface area contributed by atoms with Gasteiger partial charge in [0.2, 0.25) is 0 Å². The molecule has 0 aromatic carbocycles. The van der Waals surface area contributed by atoms with Gasteiger partial charge in [-0.25, -0.2) is 15.2 Å². The first-order valence-corrected chi connectivity index (χ1v) is 11.1. The fourth-order valence-corrected chi connectivity index (χ4v) is 6.00. The van der Waals surface area contributed by atoms with Crippen molar-refractivity contribution in [1.82, 2.24) is 16.3 Å². The number of hydrogen-bond donors (Lipinski definition) is 3. The fraction of sp³-hybridized carbons (Fsp3) is 1.00. The summed E-state index contributed by atoms with van der Waals surface area (Å²) in [7, 11) is 0. The molecule has 0 bridgehead atoms. The number of rotatable bonds is 3. The van der Waals surface area contributed by atoms with Crippen LogP contribution >= 0.6 is 11.6 Å². The van der Waals surface area contributed by atoms with E-state index in [0.29, 0.717) is 19.3 Å². The molecule has 0 radical (unpaired) electrons. The maximum absolute atomic E-state index is 14.7. The van der Waals surface area contributed by atoms with E-state index in [0.717, 1.165) is 12.8 Å². The monoisotopic (exact) mass is 443 g/mol. The molecule has 2 saturated heterocycles. The van der Waals surface area contributed by atoms with Gasteiger partial charge in [0.25, 0.3) is 0 Å². The molecule has 2 saturated carbocycles. The second kappa shape index (κ2) is 8.74. The van der Waals surface area contributed by atoms with E-state index in [-0.39, 0.29) is 54.3 Å². The van der Waals surface area contributed by atoms with Crippen molar-refractivity contribution in [3.63, 3.8) is 0 Å². The van der Waals surface area contributed by atoms with Crippen LogP contribution in [0.15, 0.2) is 0 Å². The van der Waals surface area contributed by atoms with Gasteiger partial charge in [-0.3, -0.25) is 4.84 Å². The normalized spacial score (nSPS) is 49.4. The van der Waals surface area contributed by atoms with Crippen LogP contribution in [0.2, 0.25) is 0 Å². The van der Waals surface area contributed by atoms with Crippen LogP contribution in [-0.4, -0.2) is 42.3 Å². The molecular formula is C19H30ClF4N3O2. The van der Waals surface area contributed by atoms with Crippen molar-refractivity contribution >= 4 is 11.6 Å². The molecule has 10 heteroatoms. The van der Waals surface area contributed by atoms with E-state index < -0.39 is 24.5 Å². The van der Waals surface area contributed by atoms with Gasteiger partial charge in [-0.1, -0.05) is 0 Å². The summed E-state index contributed by atoms with van der Waals surface area (Å²) in [5.41, 5.74) is 9.23. The molecule has 29 heavy (non-hydrogen) atoms. The predicted octanol–water partition coefficient (Wildman–Crippen LogP) is 3.79. The molecule has 8 unspecified atom stereocenters. The molecular weight excluding hydrogens is 414 g/mol. The molecule has 0 spiro atoms. The predicted molar refractivity (Wildman–Crippen MR) is 99.3 cm³/mol. The molecule has 8 atom stereocenters. The summed E-state index contributed by atoms with van der Waals surface area (Å²) >= 11 is 6.47. The Balaban J connectivity index is 1.37. The van der Waals surface area contributed by atoms with Crippen LogP contribution in [0.1, 0.15) is 51.9 Å². The quantitative estimate of drug-likeness (QED) is 0.458. The lowest BCUT2D eigenvalue weighted by atomic mass is 9.76. The van der Waals surface area contributed by atoms with Gasteiger partial charge in [0, 0.05) is 23.3 Å². The summed E-state index contributed by atoms with van der Waals surface area (Å²) in [5, 5.41) is -0.268. The molecule has 2 aliphatic heterocycles. The van der Waals surface area contributed by atoms with Crippen LogP contribution in [0, 0.1) is 23.7 Å². The van der Waals surface area contributed by atoms with Crippen LogP contribution in [0.3, 0.4) is 0 Å². The van der Waals surface area contributed by atoms with Gasteiger partial charge in [0.05, 0.1) is 12.0 Å². The van der Waals surface area contributed by atoms with Crippen molar-refractivity contribution in [2.75, 3.05) is 0 Å². The zero-order valence-corrected chi connectivity index (χ0v) is 17.2. The molecule has 0 aromatic heterocycles. The van der Waals surface area contributed by atoms with E-state index in [9.17, 15) is 17.6 Å². The molecule has 4 fully saturated rings. The van der Waals surface area contributed by atoms with Crippen LogP contribution in [-0.2, 0) is 9.57 Å². The number of halogens is 5. The number of hydrazine groups is 1. The highest BCUT2D eigenvalue weighted by Crippen LogP contribution is 2.43. The molecule has 2 aliphatic carbocycles. The molecule has 3 N–H and O–H groups in total. The summed E-state index contributed by atoms with van der Waals surface area (Å²) in [6, 6.07) is -0.290. The van der Waals surface area contributed by atoms with Gasteiger partial charge in [0.15, 0.2) is 0 Å². The second-order valence-corrected chi connectivity index (χ2v) is 9.56. The molecule has 168 valence electrons. The number of ether oxygens (including phenoxy) is 1. The minimum absolute atomic E-state index is 0.0134. The number of hydroxylamine groups is 1. The summed E-state index contributed by atoms with van der Waals surface area (Å²) < 4.78 is 59.6. The Bertz CT molecular complexity index is 554. The summed E-state index contributed by atoms with van der Waals surface area (Å²) in [5.74, 6) is -1.73. The van der Waals surface area contributed by atoms with Gasteiger partial charge in [-0.15, -0.1) is 11.6 Å². The first-order chi connectivity index (χ1) is 13.8. The third-order valence-corrected chi connectivity index (χ3v) is 7.74. The smallest absolute Gasteiger partial charge is 0.342 e. The highest BCUT2D eigenvalue weighted by Gasteiger charge is 2.52. The summed E-state index contributed by atoms with van der Waals surface area (Å²) in [6.07, 6.45) is -2.87. The van der Waals surface area contributed by atoms with E-state index in [2.05, 4.69) is 16.3 Å². The van der Waals surface area contributed by atoms with Gasteiger partial charge in [-0.05, 0) is 57.8 Å². The Hall–Kier alpha value is -0.190. The number of hydrogen-bond acceptors (Lipinski definition) is 5. The van der Waals surface area contributed by atoms with E-state index in [1.807, 2.05) is 6.92 Å². The molecule has 4 aliphatic rings. The van der Waals surface area contributed by atoms with Crippen molar-refractivity contribution in [2.24, 2.45) is 23.7 Å². The zero-order valence-electron chi connectivity index (χ0n) is 16.4. The van der Waals surface area contributed by atoms with Crippen molar-refractivity contribution < 1.29 is 27.1 Å². The van der Waals surface area contributed by atoms with Gasteiger partial charge >= 0.3 is 6.18 Å². The highest BCUT2D eigenvalue weighted by atomic mass is 35.5. The standard InChI is InChI=1S/C19H30ClF4N3O2/c1-9-14(16(27-29-9)15-12(20)3-2-4-13(15)21)18-26-25-17(28-18)10-5-7-11(8-6-10)19(22,23)24/h9-18,25-27H,2-8H2,1H3. The Morgan fingerprint density at radius 1 is 0.931 bits per heavy atom. The van der Waals surface area contributed by atoms with Crippen molar-refractivity contribution in [3.8, 4) is 0 Å². The van der Waals surface area contributed by atoms with Crippen molar-refractivity contribution in [1.29, 1.82) is 0 Å². The first-order valence-electron chi connectivity index (χ1n) is 10.7. The third kappa shape index (κ3) is 4.55. The summed E-state index contributed by atoms with van der Waals surface area (Å²) in [6.45, 7) is 1.91. The average molecular weight is 444 g/mol. The van der Waals surface area contributed by atoms with E-state index in [1.165, 1.54) is 0 Å². The molecule has 4 rings (SSSR count). The maximum Gasteiger partial charge on any atom is 0.391 e. The Labute approximate surface area is 173 Å². The molecule has 5 nitrogen and oxygen atoms in total.